The summed E-state index contributed by atoms with van der Waals surface area (Å²) in [6.07, 6.45) is 0.346. The van der Waals surface area contributed by atoms with E-state index in [1.165, 1.54) is 0 Å². The lowest BCUT2D eigenvalue weighted by Gasteiger charge is -2.37. The maximum Gasteiger partial charge on any atom is 0.338 e. The molecule has 1 aliphatic heterocycles. The molecule has 0 fully saturated rings. The van der Waals surface area contributed by atoms with E-state index >= 15 is 0 Å². The number of esters is 1. The van der Waals surface area contributed by atoms with Crippen LogP contribution in [0.2, 0.25) is 0 Å². The second-order valence-electron chi connectivity index (χ2n) is 8.04. The van der Waals surface area contributed by atoms with E-state index in [-0.39, 0.29) is 17.8 Å². The minimum absolute atomic E-state index is 0.0653. The van der Waals surface area contributed by atoms with Crippen molar-refractivity contribution >= 4 is 46.2 Å². The number of ether oxygens (including phenoxy) is 1. The first kappa shape index (κ1) is 23.9. The second-order valence-corrected chi connectivity index (χ2v) is 9.46. The summed E-state index contributed by atoms with van der Waals surface area (Å²) in [6.45, 7) is 8.90. The molecule has 6 nitrogen and oxygen atoms in total. The van der Waals surface area contributed by atoms with Crippen molar-refractivity contribution in [3.05, 3.63) is 63.5 Å². The summed E-state index contributed by atoms with van der Waals surface area (Å²) in [6, 6.07) is 10.9. The highest BCUT2D eigenvalue weighted by molar-refractivity contribution is 7.80. The summed E-state index contributed by atoms with van der Waals surface area (Å²) >= 11 is 7.10. The minimum atomic E-state index is -0.416. The van der Waals surface area contributed by atoms with Gasteiger partial charge >= 0.3 is 5.97 Å². The molecule has 32 heavy (non-hydrogen) atoms. The van der Waals surface area contributed by atoms with Gasteiger partial charge in [-0.1, -0.05) is 32.0 Å². The van der Waals surface area contributed by atoms with Gasteiger partial charge in [-0.2, -0.15) is 0 Å². The lowest BCUT2D eigenvalue weighted by atomic mass is 9.94. The van der Waals surface area contributed by atoms with Gasteiger partial charge in [0.2, 0.25) is 5.91 Å². The number of anilines is 1. The van der Waals surface area contributed by atoms with Crippen LogP contribution in [0.25, 0.3) is 0 Å². The number of carbonyl (C=O) groups is 2. The molecule has 170 valence electrons. The third-order valence-corrected chi connectivity index (χ3v) is 6.34. The zero-order valence-corrected chi connectivity index (χ0v) is 20.4. The van der Waals surface area contributed by atoms with E-state index in [9.17, 15) is 9.59 Å². The Hall–Kier alpha value is -2.71. The lowest BCUT2D eigenvalue weighted by molar-refractivity contribution is -0.140. The Morgan fingerprint density at radius 2 is 1.97 bits per heavy atom. The predicted molar refractivity (Wildman–Crippen MR) is 132 cm³/mol. The summed E-state index contributed by atoms with van der Waals surface area (Å²) < 4.78 is 5.56. The van der Waals surface area contributed by atoms with Gasteiger partial charge in [0.05, 0.1) is 24.6 Å². The zero-order valence-electron chi connectivity index (χ0n) is 18.8. The Morgan fingerprint density at radius 1 is 1.25 bits per heavy atom. The van der Waals surface area contributed by atoms with Crippen molar-refractivity contribution in [3.8, 4) is 0 Å². The molecular weight excluding hydrogens is 442 g/mol. The van der Waals surface area contributed by atoms with E-state index in [0.717, 1.165) is 16.1 Å². The van der Waals surface area contributed by atoms with Gasteiger partial charge in [-0.15, -0.1) is 11.3 Å². The fourth-order valence-corrected chi connectivity index (χ4v) is 4.62. The number of amides is 1. The first-order valence-electron chi connectivity index (χ1n) is 10.7. The molecule has 0 radical (unpaired) electrons. The Balaban J connectivity index is 1.80. The molecule has 3 rings (SSSR count). The molecule has 1 aromatic heterocycles. The Kier molecular flexibility index (Phi) is 8.04. The average Bonchev–Trinajstić information content (AvgIpc) is 3.25. The van der Waals surface area contributed by atoms with Crippen LogP contribution in [0.15, 0.2) is 53.0 Å². The molecular formula is C24H29N3O3S2. The van der Waals surface area contributed by atoms with Crippen molar-refractivity contribution in [2.45, 2.75) is 40.2 Å². The number of carbonyl (C=O) groups excluding carboxylic acids is 2. The number of rotatable bonds is 8. The maximum absolute atomic E-state index is 13.0. The Morgan fingerprint density at radius 3 is 2.56 bits per heavy atom. The number of nitrogens with one attached hydrogen (secondary N) is 2. The minimum Gasteiger partial charge on any atom is -0.462 e. The molecule has 1 amide bonds. The van der Waals surface area contributed by atoms with Gasteiger partial charge in [-0.05, 0) is 61.1 Å². The van der Waals surface area contributed by atoms with E-state index < -0.39 is 6.04 Å². The zero-order chi connectivity index (χ0) is 23.3. The standard InChI is InChI=1S/C24H29N3O3S2/c1-5-27-16(4)21(23(29)30-14-15(2)3)22(26-24(27)31)17-8-10-18(11-9-17)25-20(28)13-19-7-6-12-32-19/h6-12,15,22H,5,13-14H2,1-4H3,(H,25,28)(H,26,31). The Bertz CT molecular complexity index is 998. The molecule has 8 heteroatoms. The van der Waals surface area contributed by atoms with Crippen LogP contribution >= 0.6 is 23.6 Å². The number of hydrogen-bond acceptors (Lipinski definition) is 5. The van der Waals surface area contributed by atoms with Crippen LogP contribution in [0.5, 0.6) is 0 Å². The van der Waals surface area contributed by atoms with E-state index in [0.29, 0.717) is 35.9 Å². The van der Waals surface area contributed by atoms with Gasteiger partial charge in [-0.3, -0.25) is 4.79 Å². The van der Waals surface area contributed by atoms with Crippen LogP contribution in [0.1, 0.15) is 44.2 Å². The lowest BCUT2D eigenvalue weighted by Crippen LogP contribution is -2.47. The SMILES string of the molecule is CCN1C(=S)NC(c2ccc(NC(=O)Cc3cccs3)cc2)C(C(=O)OCC(C)C)=C1C. The summed E-state index contributed by atoms with van der Waals surface area (Å²) in [5, 5.41) is 8.74. The molecule has 0 aliphatic carbocycles. The van der Waals surface area contributed by atoms with Gasteiger partial charge in [0, 0.05) is 22.8 Å². The molecule has 0 saturated heterocycles. The molecule has 1 unspecified atom stereocenters. The summed E-state index contributed by atoms with van der Waals surface area (Å²) in [4.78, 5) is 28.2. The fraction of sp³-hybridized carbons (Fsp3) is 0.375. The number of allylic oxidation sites excluding steroid dienone is 1. The molecule has 0 bridgehead atoms. The topological polar surface area (TPSA) is 70.7 Å². The van der Waals surface area contributed by atoms with Crippen LogP contribution in [0, 0.1) is 5.92 Å². The molecule has 1 atom stereocenters. The normalized spacial score (nSPS) is 16.2. The van der Waals surface area contributed by atoms with E-state index in [4.69, 9.17) is 17.0 Å². The van der Waals surface area contributed by atoms with Crippen molar-refractivity contribution in [1.82, 2.24) is 10.2 Å². The monoisotopic (exact) mass is 471 g/mol. The number of nitrogens with zero attached hydrogens (tertiary/aromatic N) is 1. The van der Waals surface area contributed by atoms with Gasteiger partial charge in [0.1, 0.15) is 0 Å². The van der Waals surface area contributed by atoms with Crippen molar-refractivity contribution < 1.29 is 14.3 Å². The first-order chi connectivity index (χ1) is 15.3. The highest BCUT2D eigenvalue weighted by Crippen LogP contribution is 2.32. The summed E-state index contributed by atoms with van der Waals surface area (Å²) in [5.41, 5.74) is 2.92. The molecule has 1 aromatic carbocycles. The third-order valence-electron chi connectivity index (χ3n) is 5.12. The molecule has 0 saturated carbocycles. The van der Waals surface area contributed by atoms with E-state index in [1.54, 1.807) is 11.3 Å². The largest absolute Gasteiger partial charge is 0.462 e. The van der Waals surface area contributed by atoms with Crippen molar-refractivity contribution in [2.24, 2.45) is 5.92 Å². The Labute approximate surface area is 198 Å². The predicted octanol–water partition coefficient (Wildman–Crippen LogP) is 4.65. The highest BCUT2D eigenvalue weighted by atomic mass is 32.1. The van der Waals surface area contributed by atoms with Gasteiger partial charge in [0.15, 0.2) is 5.11 Å². The van der Waals surface area contributed by atoms with Crippen LogP contribution in [0.4, 0.5) is 5.69 Å². The number of benzene rings is 1. The molecule has 2 N–H and O–H groups in total. The number of hydrogen-bond donors (Lipinski definition) is 2. The molecule has 2 aromatic rings. The van der Waals surface area contributed by atoms with Crippen LogP contribution in [0.3, 0.4) is 0 Å². The quantitative estimate of drug-likeness (QED) is 0.431. The van der Waals surface area contributed by atoms with Gasteiger partial charge in [-0.25, -0.2) is 4.79 Å². The average molecular weight is 472 g/mol. The van der Waals surface area contributed by atoms with Crippen molar-refractivity contribution in [3.63, 3.8) is 0 Å². The van der Waals surface area contributed by atoms with Crippen LogP contribution < -0.4 is 10.6 Å². The third kappa shape index (κ3) is 5.75. The highest BCUT2D eigenvalue weighted by Gasteiger charge is 2.34. The van der Waals surface area contributed by atoms with Gasteiger partial charge in [0.25, 0.3) is 0 Å². The molecule has 1 aliphatic rings. The first-order valence-corrected chi connectivity index (χ1v) is 12.0. The second kappa shape index (κ2) is 10.7. The van der Waals surface area contributed by atoms with Crippen LogP contribution in [-0.4, -0.2) is 35.0 Å². The molecule has 0 spiro atoms. The summed E-state index contributed by atoms with van der Waals surface area (Å²) in [7, 11) is 0. The van der Waals surface area contributed by atoms with Crippen molar-refractivity contribution in [1.29, 1.82) is 0 Å². The maximum atomic E-state index is 13.0. The summed E-state index contributed by atoms with van der Waals surface area (Å²) in [5.74, 6) is -0.164. The number of thiophene rings is 1. The van der Waals surface area contributed by atoms with Gasteiger partial charge < -0.3 is 20.3 Å². The van der Waals surface area contributed by atoms with E-state index in [2.05, 4.69) is 10.6 Å². The van der Waals surface area contributed by atoms with Crippen LogP contribution in [-0.2, 0) is 20.7 Å². The molecule has 2 heterocycles. The van der Waals surface area contributed by atoms with E-state index in [1.807, 2.05) is 74.4 Å². The fourth-order valence-electron chi connectivity index (χ4n) is 3.53. The smallest absolute Gasteiger partial charge is 0.338 e. The number of thiocarbonyl (C=S) groups is 1. The van der Waals surface area contributed by atoms with Crippen molar-refractivity contribution in [2.75, 3.05) is 18.5 Å².